The van der Waals surface area contributed by atoms with Crippen LogP contribution in [-0.4, -0.2) is 13.1 Å². The Bertz CT molecular complexity index is 362. The second-order valence-electron chi connectivity index (χ2n) is 3.50. The standard InChI is InChI=1S/C11H13BrN2/c1-2-5-14-7-10(13)9-6-8(12)3-4-11(9)14/h2-4,6,10H,1,5,7,13H2. The zero-order valence-electron chi connectivity index (χ0n) is 7.91. The molecule has 0 aliphatic carbocycles. The molecule has 0 saturated heterocycles. The lowest BCUT2D eigenvalue weighted by molar-refractivity contribution is 0.745. The predicted octanol–water partition coefficient (Wildman–Crippen LogP) is 2.45. The van der Waals surface area contributed by atoms with Gasteiger partial charge in [-0.15, -0.1) is 6.58 Å². The van der Waals surface area contributed by atoms with E-state index in [1.54, 1.807) is 0 Å². The van der Waals surface area contributed by atoms with E-state index >= 15 is 0 Å². The minimum atomic E-state index is 0.127. The molecular formula is C11H13BrN2. The molecule has 2 nitrogen and oxygen atoms in total. The number of halogens is 1. The van der Waals surface area contributed by atoms with Crippen molar-refractivity contribution in [1.29, 1.82) is 0 Å². The Hall–Kier alpha value is -0.800. The monoisotopic (exact) mass is 252 g/mol. The van der Waals surface area contributed by atoms with E-state index in [-0.39, 0.29) is 6.04 Å². The molecular weight excluding hydrogens is 240 g/mol. The highest BCUT2D eigenvalue weighted by molar-refractivity contribution is 9.10. The van der Waals surface area contributed by atoms with Crippen molar-refractivity contribution in [3.63, 3.8) is 0 Å². The predicted molar refractivity (Wildman–Crippen MR) is 63.5 cm³/mol. The molecule has 0 bridgehead atoms. The maximum Gasteiger partial charge on any atom is 0.0494 e. The molecule has 2 rings (SSSR count). The maximum absolute atomic E-state index is 6.04. The Labute approximate surface area is 92.5 Å². The van der Waals surface area contributed by atoms with Gasteiger partial charge in [-0.2, -0.15) is 0 Å². The number of anilines is 1. The molecule has 1 aliphatic heterocycles. The third kappa shape index (κ3) is 1.57. The lowest BCUT2D eigenvalue weighted by Gasteiger charge is -2.16. The number of benzene rings is 1. The molecule has 1 heterocycles. The third-order valence-corrected chi connectivity index (χ3v) is 2.99. The highest BCUT2D eigenvalue weighted by Gasteiger charge is 2.24. The topological polar surface area (TPSA) is 29.3 Å². The third-order valence-electron chi connectivity index (χ3n) is 2.50. The molecule has 1 aliphatic rings. The molecule has 3 heteroatoms. The molecule has 1 unspecified atom stereocenters. The van der Waals surface area contributed by atoms with Gasteiger partial charge >= 0.3 is 0 Å². The first-order chi connectivity index (χ1) is 6.72. The highest BCUT2D eigenvalue weighted by Crippen LogP contribution is 2.34. The number of rotatable bonds is 2. The van der Waals surface area contributed by atoms with E-state index in [4.69, 9.17) is 5.73 Å². The molecule has 0 saturated carbocycles. The second kappa shape index (κ2) is 3.75. The smallest absolute Gasteiger partial charge is 0.0494 e. The first-order valence-corrected chi connectivity index (χ1v) is 5.42. The van der Waals surface area contributed by atoms with E-state index < -0.39 is 0 Å². The number of nitrogens with zero attached hydrogens (tertiary/aromatic N) is 1. The maximum atomic E-state index is 6.04. The normalized spacial score (nSPS) is 19.6. The van der Waals surface area contributed by atoms with Crippen molar-refractivity contribution in [3.8, 4) is 0 Å². The van der Waals surface area contributed by atoms with Crippen LogP contribution in [0.3, 0.4) is 0 Å². The highest BCUT2D eigenvalue weighted by atomic mass is 79.9. The van der Waals surface area contributed by atoms with Gasteiger partial charge in [-0.3, -0.25) is 0 Å². The van der Waals surface area contributed by atoms with Gasteiger partial charge in [0.2, 0.25) is 0 Å². The van der Waals surface area contributed by atoms with Gasteiger partial charge in [0.15, 0.2) is 0 Å². The van der Waals surface area contributed by atoms with E-state index in [2.05, 4.69) is 39.5 Å². The van der Waals surface area contributed by atoms with Gasteiger partial charge in [0, 0.05) is 29.3 Å². The molecule has 1 atom stereocenters. The molecule has 0 fully saturated rings. The molecule has 0 aromatic heterocycles. The fourth-order valence-electron chi connectivity index (χ4n) is 1.87. The number of nitrogens with two attached hydrogens (primary N) is 1. The summed E-state index contributed by atoms with van der Waals surface area (Å²) in [4.78, 5) is 2.25. The largest absolute Gasteiger partial charge is 0.366 e. The van der Waals surface area contributed by atoms with Crippen LogP contribution in [0, 0.1) is 0 Å². The average Bonchev–Trinajstić information content (AvgIpc) is 2.44. The van der Waals surface area contributed by atoms with Gasteiger partial charge in [0.05, 0.1) is 0 Å². The van der Waals surface area contributed by atoms with Crippen LogP contribution in [0.4, 0.5) is 5.69 Å². The Morgan fingerprint density at radius 3 is 3.14 bits per heavy atom. The van der Waals surface area contributed by atoms with Crippen molar-refractivity contribution < 1.29 is 0 Å². The van der Waals surface area contributed by atoms with Gasteiger partial charge < -0.3 is 10.6 Å². The Kier molecular flexibility index (Phi) is 2.61. The molecule has 1 aromatic carbocycles. The van der Waals surface area contributed by atoms with E-state index in [1.807, 2.05) is 12.1 Å². The van der Waals surface area contributed by atoms with Crippen molar-refractivity contribution in [1.82, 2.24) is 0 Å². The molecule has 74 valence electrons. The average molecular weight is 253 g/mol. The van der Waals surface area contributed by atoms with Crippen molar-refractivity contribution >= 4 is 21.6 Å². The number of hydrogen-bond acceptors (Lipinski definition) is 2. The number of fused-ring (bicyclic) bond motifs is 1. The summed E-state index contributed by atoms with van der Waals surface area (Å²) in [5, 5.41) is 0. The van der Waals surface area contributed by atoms with E-state index in [1.165, 1.54) is 11.3 Å². The first-order valence-electron chi connectivity index (χ1n) is 4.63. The van der Waals surface area contributed by atoms with Crippen molar-refractivity contribution in [2.24, 2.45) is 5.73 Å². The van der Waals surface area contributed by atoms with E-state index in [0.717, 1.165) is 17.6 Å². The SMILES string of the molecule is C=CCN1CC(N)c2cc(Br)ccc21. The molecule has 1 aromatic rings. The van der Waals surface area contributed by atoms with Crippen molar-refractivity contribution in [3.05, 3.63) is 40.9 Å². The zero-order valence-corrected chi connectivity index (χ0v) is 9.50. The Balaban J connectivity index is 2.39. The van der Waals surface area contributed by atoms with Crippen LogP contribution in [0.5, 0.6) is 0 Å². The summed E-state index contributed by atoms with van der Waals surface area (Å²) in [6.07, 6.45) is 1.91. The summed E-state index contributed by atoms with van der Waals surface area (Å²) in [6.45, 7) is 5.50. The fourth-order valence-corrected chi connectivity index (χ4v) is 2.25. The molecule has 14 heavy (non-hydrogen) atoms. The van der Waals surface area contributed by atoms with Crippen LogP contribution in [0.1, 0.15) is 11.6 Å². The van der Waals surface area contributed by atoms with Gasteiger partial charge in [-0.25, -0.2) is 0 Å². The van der Waals surface area contributed by atoms with Crippen molar-refractivity contribution in [2.75, 3.05) is 18.0 Å². The summed E-state index contributed by atoms with van der Waals surface area (Å²) in [5.74, 6) is 0. The zero-order chi connectivity index (χ0) is 10.1. The lowest BCUT2D eigenvalue weighted by Crippen LogP contribution is -2.24. The van der Waals surface area contributed by atoms with Crippen LogP contribution < -0.4 is 10.6 Å². The van der Waals surface area contributed by atoms with Crippen LogP contribution >= 0.6 is 15.9 Å². The van der Waals surface area contributed by atoms with Crippen LogP contribution in [0.2, 0.25) is 0 Å². The van der Waals surface area contributed by atoms with Gasteiger partial charge in [0.25, 0.3) is 0 Å². The summed E-state index contributed by atoms with van der Waals surface area (Å²) in [5.41, 5.74) is 8.50. The lowest BCUT2D eigenvalue weighted by atomic mass is 10.1. The van der Waals surface area contributed by atoms with Crippen LogP contribution in [0.15, 0.2) is 35.3 Å². The number of hydrogen-bond donors (Lipinski definition) is 1. The van der Waals surface area contributed by atoms with Crippen LogP contribution in [0.25, 0.3) is 0 Å². The van der Waals surface area contributed by atoms with Gasteiger partial charge in [-0.1, -0.05) is 22.0 Å². The first kappa shape index (κ1) is 9.74. The summed E-state index contributed by atoms with van der Waals surface area (Å²) in [7, 11) is 0. The Morgan fingerprint density at radius 2 is 2.43 bits per heavy atom. The van der Waals surface area contributed by atoms with Gasteiger partial charge in [0.1, 0.15) is 0 Å². The van der Waals surface area contributed by atoms with E-state index in [0.29, 0.717) is 0 Å². The molecule has 0 spiro atoms. The minimum absolute atomic E-state index is 0.127. The summed E-state index contributed by atoms with van der Waals surface area (Å²) >= 11 is 3.46. The quantitative estimate of drug-likeness (QED) is 0.820. The minimum Gasteiger partial charge on any atom is -0.366 e. The van der Waals surface area contributed by atoms with Gasteiger partial charge in [-0.05, 0) is 23.8 Å². The summed E-state index contributed by atoms with van der Waals surface area (Å²) in [6, 6.07) is 6.38. The fraction of sp³-hybridized carbons (Fsp3) is 0.273. The second-order valence-corrected chi connectivity index (χ2v) is 4.42. The van der Waals surface area contributed by atoms with E-state index in [9.17, 15) is 0 Å². The molecule has 0 amide bonds. The van der Waals surface area contributed by atoms with Crippen molar-refractivity contribution in [2.45, 2.75) is 6.04 Å². The van der Waals surface area contributed by atoms with Crippen LogP contribution in [-0.2, 0) is 0 Å². The molecule has 2 N–H and O–H groups in total. The Morgan fingerprint density at radius 1 is 1.64 bits per heavy atom. The summed E-state index contributed by atoms with van der Waals surface area (Å²) < 4.78 is 1.09. The molecule has 0 radical (unpaired) electrons.